The number of aromatic amines is 1. The highest BCUT2D eigenvalue weighted by Gasteiger charge is 2.18. The van der Waals surface area contributed by atoms with Crippen LogP contribution in [-0.2, 0) is 6.54 Å². The van der Waals surface area contributed by atoms with Crippen LogP contribution in [0.3, 0.4) is 0 Å². The normalized spacial score (nSPS) is 11.0. The van der Waals surface area contributed by atoms with Crippen LogP contribution in [0.5, 0.6) is 5.75 Å². The first-order valence-corrected chi connectivity index (χ1v) is 10.2. The summed E-state index contributed by atoms with van der Waals surface area (Å²) < 4.78 is 19.7. The van der Waals surface area contributed by atoms with Crippen LogP contribution in [0.25, 0.3) is 22.0 Å². The van der Waals surface area contributed by atoms with Gasteiger partial charge in [-0.3, -0.25) is 14.9 Å². The fourth-order valence-corrected chi connectivity index (χ4v) is 3.65. The maximum atomic E-state index is 14.0. The van der Waals surface area contributed by atoms with Gasteiger partial charge < -0.3 is 9.64 Å². The van der Waals surface area contributed by atoms with Gasteiger partial charge in [0.1, 0.15) is 19.4 Å². The van der Waals surface area contributed by atoms with Gasteiger partial charge in [-0.25, -0.2) is 4.39 Å². The number of H-pyrrole nitrogens is 1. The maximum Gasteiger partial charge on any atom is 0.254 e. The number of ether oxygens (including phenoxy) is 1. The molecule has 0 saturated carbocycles. The van der Waals surface area contributed by atoms with Gasteiger partial charge in [0.25, 0.3) is 5.91 Å². The molecule has 0 spiro atoms. The Hall–Kier alpha value is -3.68. The van der Waals surface area contributed by atoms with Crippen molar-refractivity contribution < 1.29 is 13.9 Å². The summed E-state index contributed by atoms with van der Waals surface area (Å²) in [6, 6.07) is 9.76. The summed E-state index contributed by atoms with van der Waals surface area (Å²) >= 11 is 0. The average molecular weight is 428 g/mol. The van der Waals surface area contributed by atoms with Crippen molar-refractivity contribution in [1.82, 2.24) is 20.1 Å². The van der Waals surface area contributed by atoms with Crippen LogP contribution < -0.4 is 10.2 Å². The van der Waals surface area contributed by atoms with Crippen molar-refractivity contribution in [3.63, 3.8) is 0 Å². The molecule has 2 heterocycles. The fraction of sp³-hybridized carbons (Fsp3) is 0.208. The van der Waals surface area contributed by atoms with Crippen LogP contribution in [0.4, 0.5) is 4.39 Å². The van der Waals surface area contributed by atoms with E-state index in [4.69, 9.17) is 12.6 Å². The summed E-state index contributed by atoms with van der Waals surface area (Å²) in [5.74, 6) is -0.167. The molecule has 32 heavy (non-hydrogen) atoms. The quantitative estimate of drug-likeness (QED) is 0.477. The van der Waals surface area contributed by atoms with Crippen molar-refractivity contribution in [2.45, 2.75) is 20.4 Å². The largest absolute Gasteiger partial charge is 0.493 e. The first-order chi connectivity index (χ1) is 15.4. The molecule has 2 aromatic carbocycles. The number of pyridine rings is 1. The van der Waals surface area contributed by atoms with E-state index in [1.165, 1.54) is 12.1 Å². The Kier molecular flexibility index (Phi) is 5.94. The van der Waals surface area contributed by atoms with Crippen molar-refractivity contribution in [3.05, 3.63) is 71.4 Å². The summed E-state index contributed by atoms with van der Waals surface area (Å²) in [7, 11) is 7.32. The zero-order chi connectivity index (χ0) is 22.8. The van der Waals surface area contributed by atoms with Gasteiger partial charge in [0, 0.05) is 47.6 Å². The summed E-state index contributed by atoms with van der Waals surface area (Å²) in [4.78, 5) is 19.2. The smallest absolute Gasteiger partial charge is 0.254 e. The highest BCUT2D eigenvalue weighted by atomic mass is 19.1. The predicted molar refractivity (Wildman–Crippen MR) is 123 cm³/mol. The molecule has 1 amide bonds. The molecule has 4 aromatic rings. The number of carbonyl (C=O) groups excluding carboxylic acids is 1. The molecule has 0 fully saturated rings. The van der Waals surface area contributed by atoms with Crippen LogP contribution >= 0.6 is 0 Å². The van der Waals surface area contributed by atoms with E-state index in [2.05, 4.69) is 15.2 Å². The minimum Gasteiger partial charge on any atom is -0.493 e. The second-order valence-electron chi connectivity index (χ2n) is 7.57. The Morgan fingerprint density at radius 2 is 2.03 bits per heavy atom. The van der Waals surface area contributed by atoms with Crippen molar-refractivity contribution in [2.24, 2.45) is 0 Å². The van der Waals surface area contributed by atoms with E-state index >= 15 is 0 Å². The molecule has 0 bridgehead atoms. The molecule has 2 radical (unpaired) electrons. The number of nitrogens with one attached hydrogen (secondary N) is 1. The standard InChI is InChI=1S/C24H22BFN4O2/c1-4-32-22-10-16(5-7-18(22)15-6-8-20(25)21(26)9-15)24(31)30(3)13-17-11-27-14(2)19-12-28-29-23(17)19/h5-12H,4,13H2,1-3H3,(H,28,29). The van der Waals surface area contributed by atoms with Crippen LogP contribution in [0.15, 0.2) is 48.8 Å². The monoisotopic (exact) mass is 428 g/mol. The third-order valence-corrected chi connectivity index (χ3v) is 5.36. The number of halogens is 1. The summed E-state index contributed by atoms with van der Waals surface area (Å²) in [5, 5.41) is 8.01. The molecule has 6 nitrogen and oxygen atoms in total. The minimum atomic E-state index is -0.498. The zero-order valence-electron chi connectivity index (χ0n) is 18.1. The van der Waals surface area contributed by atoms with Gasteiger partial charge in [-0.1, -0.05) is 17.6 Å². The number of aryl methyl sites for hydroxylation is 1. The van der Waals surface area contributed by atoms with Crippen LogP contribution in [0.1, 0.15) is 28.5 Å². The van der Waals surface area contributed by atoms with Crippen molar-refractivity contribution in [3.8, 4) is 16.9 Å². The predicted octanol–water partition coefficient (Wildman–Crippen LogP) is 3.54. The summed E-state index contributed by atoms with van der Waals surface area (Å²) in [6.07, 6.45) is 3.49. The lowest BCUT2D eigenvalue weighted by Crippen LogP contribution is -2.26. The van der Waals surface area contributed by atoms with Crippen molar-refractivity contribution in [2.75, 3.05) is 13.7 Å². The number of carbonyl (C=O) groups is 1. The lowest BCUT2D eigenvalue weighted by Gasteiger charge is -2.19. The molecule has 4 rings (SSSR count). The van der Waals surface area contributed by atoms with Gasteiger partial charge in [0.05, 0.1) is 18.3 Å². The first-order valence-electron chi connectivity index (χ1n) is 10.2. The Morgan fingerprint density at radius 1 is 1.22 bits per heavy atom. The third-order valence-electron chi connectivity index (χ3n) is 5.36. The molecule has 0 aliphatic carbocycles. The first kappa shape index (κ1) is 21.6. The van der Waals surface area contributed by atoms with Crippen LogP contribution in [-0.4, -0.2) is 47.5 Å². The van der Waals surface area contributed by atoms with Crippen LogP contribution in [0, 0.1) is 12.7 Å². The minimum absolute atomic E-state index is 0.0807. The lowest BCUT2D eigenvalue weighted by atomic mass is 9.92. The molecule has 2 aromatic heterocycles. The molecule has 1 N–H and O–H groups in total. The molecule has 0 atom stereocenters. The fourth-order valence-electron chi connectivity index (χ4n) is 3.65. The van der Waals surface area contributed by atoms with Crippen LogP contribution in [0.2, 0.25) is 0 Å². The zero-order valence-corrected chi connectivity index (χ0v) is 18.1. The highest BCUT2D eigenvalue weighted by Crippen LogP contribution is 2.32. The number of fused-ring (bicyclic) bond motifs is 1. The molecule has 0 aliphatic heterocycles. The topological polar surface area (TPSA) is 71.1 Å². The molecule has 0 saturated heterocycles. The number of hydrogen-bond acceptors (Lipinski definition) is 4. The molecular weight excluding hydrogens is 406 g/mol. The third kappa shape index (κ3) is 4.08. The summed E-state index contributed by atoms with van der Waals surface area (Å²) in [6.45, 7) is 4.54. The van der Waals surface area contributed by atoms with Crippen molar-refractivity contribution >= 4 is 30.1 Å². The highest BCUT2D eigenvalue weighted by molar-refractivity contribution is 6.32. The average Bonchev–Trinajstić information content (AvgIpc) is 3.28. The second kappa shape index (κ2) is 8.82. The Morgan fingerprint density at radius 3 is 2.78 bits per heavy atom. The Labute approximate surface area is 186 Å². The van der Waals surface area contributed by atoms with Gasteiger partial charge in [-0.15, -0.1) is 0 Å². The number of benzene rings is 2. The Bertz CT molecular complexity index is 1300. The lowest BCUT2D eigenvalue weighted by molar-refractivity contribution is 0.0785. The van der Waals surface area contributed by atoms with Gasteiger partial charge >= 0.3 is 0 Å². The van der Waals surface area contributed by atoms with Gasteiger partial charge in [0.2, 0.25) is 0 Å². The van der Waals surface area contributed by atoms with Crippen molar-refractivity contribution in [1.29, 1.82) is 0 Å². The number of rotatable bonds is 6. The van der Waals surface area contributed by atoms with E-state index in [1.807, 2.05) is 13.8 Å². The van der Waals surface area contributed by atoms with E-state index in [0.717, 1.165) is 22.2 Å². The maximum absolute atomic E-state index is 14.0. The SMILES string of the molecule is [B]c1ccc(-c2ccc(C(=O)N(C)Cc3cnc(C)c4cn[nH]c34)cc2OCC)cc1F. The van der Waals surface area contributed by atoms with E-state index < -0.39 is 5.82 Å². The molecule has 0 aliphatic rings. The number of aromatic nitrogens is 3. The van der Waals surface area contributed by atoms with E-state index in [9.17, 15) is 9.18 Å². The Balaban J connectivity index is 1.62. The van der Waals surface area contributed by atoms with Gasteiger partial charge in [0.15, 0.2) is 0 Å². The molecule has 8 heteroatoms. The number of amides is 1. The molecular formula is C24H22BFN4O2. The summed E-state index contributed by atoms with van der Waals surface area (Å²) in [5.41, 5.74) is 4.48. The van der Waals surface area contributed by atoms with E-state index in [0.29, 0.717) is 35.6 Å². The van der Waals surface area contributed by atoms with E-state index in [1.54, 1.807) is 48.6 Å². The van der Waals surface area contributed by atoms with Gasteiger partial charge in [-0.2, -0.15) is 5.10 Å². The number of nitrogens with zero attached hydrogens (tertiary/aromatic N) is 3. The number of hydrogen-bond donors (Lipinski definition) is 1. The molecule has 160 valence electrons. The van der Waals surface area contributed by atoms with Gasteiger partial charge in [-0.05, 0) is 43.7 Å². The second-order valence-corrected chi connectivity index (χ2v) is 7.57. The van der Waals surface area contributed by atoms with E-state index in [-0.39, 0.29) is 11.4 Å². The molecule has 0 unspecified atom stereocenters.